The molecular weight excluding hydrogens is 246 g/mol. The van der Waals surface area contributed by atoms with Crippen molar-refractivity contribution in [1.29, 1.82) is 0 Å². The fraction of sp³-hybridized carbons (Fsp3) is 0.611. The van der Waals surface area contributed by atoms with Gasteiger partial charge in [-0.1, -0.05) is 43.7 Å². The van der Waals surface area contributed by atoms with E-state index < -0.39 is 0 Å². The second-order valence-electron chi connectivity index (χ2n) is 6.56. The Balaban J connectivity index is 1.74. The lowest BCUT2D eigenvalue weighted by Crippen LogP contribution is -2.48. The van der Waals surface area contributed by atoms with E-state index in [9.17, 15) is 4.79 Å². The van der Waals surface area contributed by atoms with Gasteiger partial charge in [0, 0.05) is 12.0 Å². The van der Waals surface area contributed by atoms with E-state index in [1.165, 1.54) is 18.4 Å². The minimum Gasteiger partial charge on any atom is -0.298 e. The molecule has 0 saturated carbocycles. The summed E-state index contributed by atoms with van der Waals surface area (Å²) in [6.07, 6.45) is 5.60. The molecule has 1 aromatic carbocycles. The van der Waals surface area contributed by atoms with E-state index in [0.717, 1.165) is 25.2 Å². The molecular formula is C18H25NO. The first kappa shape index (κ1) is 13.8. The van der Waals surface area contributed by atoms with E-state index in [0.29, 0.717) is 11.8 Å². The number of carbonyl (C=O) groups excluding carboxylic acids is 1. The van der Waals surface area contributed by atoms with Crippen molar-refractivity contribution in [2.75, 3.05) is 7.05 Å². The Hall–Kier alpha value is -1.15. The first-order chi connectivity index (χ1) is 9.70. The van der Waals surface area contributed by atoms with Gasteiger partial charge in [0.05, 0.1) is 6.04 Å². The Morgan fingerprint density at radius 3 is 2.65 bits per heavy atom. The molecule has 2 aliphatic heterocycles. The van der Waals surface area contributed by atoms with Crippen LogP contribution in [0, 0.1) is 11.8 Å². The lowest BCUT2D eigenvalue weighted by atomic mass is 9.84. The summed E-state index contributed by atoms with van der Waals surface area (Å²) in [4.78, 5) is 15.1. The van der Waals surface area contributed by atoms with Gasteiger partial charge in [-0.05, 0) is 44.2 Å². The quantitative estimate of drug-likeness (QED) is 0.837. The van der Waals surface area contributed by atoms with Crippen LogP contribution in [0.3, 0.4) is 0 Å². The van der Waals surface area contributed by atoms with Crippen molar-refractivity contribution < 1.29 is 4.79 Å². The van der Waals surface area contributed by atoms with Gasteiger partial charge in [-0.3, -0.25) is 9.69 Å². The number of ketones is 1. The second kappa shape index (κ2) is 5.69. The molecule has 0 unspecified atom stereocenters. The highest BCUT2D eigenvalue weighted by Crippen LogP contribution is 2.42. The van der Waals surface area contributed by atoms with Crippen LogP contribution in [0.2, 0.25) is 0 Å². The SMILES string of the molecule is CCC[C@@H]1C[C@@H]2C(=O)[C@@H](Cc3ccccc3)C[C@H]1N2C. The molecule has 20 heavy (non-hydrogen) atoms. The topological polar surface area (TPSA) is 20.3 Å². The molecule has 2 aliphatic rings. The Labute approximate surface area is 122 Å². The third kappa shape index (κ3) is 2.42. The fourth-order valence-corrected chi connectivity index (χ4v) is 4.29. The minimum absolute atomic E-state index is 0.194. The number of fused-ring (bicyclic) bond motifs is 2. The predicted octanol–water partition coefficient (Wildman–Crippen LogP) is 3.31. The van der Waals surface area contributed by atoms with Gasteiger partial charge in [0.25, 0.3) is 0 Å². The van der Waals surface area contributed by atoms with Crippen LogP contribution in [-0.2, 0) is 11.2 Å². The van der Waals surface area contributed by atoms with Gasteiger partial charge in [-0.15, -0.1) is 0 Å². The highest BCUT2D eigenvalue weighted by atomic mass is 16.1. The molecule has 2 saturated heterocycles. The van der Waals surface area contributed by atoms with Gasteiger partial charge in [0.15, 0.2) is 5.78 Å². The average molecular weight is 271 g/mol. The van der Waals surface area contributed by atoms with E-state index in [4.69, 9.17) is 0 Å². The maximum atomic E-state index is 12.7. The van der Waals surface area contributed by atoms with Crippen LogP contribution in [0.4, 0.5) is 0 Å². The van der Waals surface area contributed by atoms with E-state index in [1.54, 1.807) is 0 Å². The maximum absolute atomic E-state index is 12.7. The Bertz CT molecular complexity index is 470. The lowest BCUT2D eigenvalue weighted by Gasteiger charge is -2.36. The summed E-state index contributed by atoms with van der Waals surface area (Å²) in [5.74, 6) is 1.47. The molecule has 0 aromatic heterocycles. The number of likely N-dealkylation sites (N-methyl/N-ethyl adjacent to an activating group) is 1. The highest BCUT2D eigenvalue weighted by molar-refractivity contribution is 5.88. The smallest absolute Gasteiger partial charge is 0.153 e. The fourth-order valence-electron chi connectivity index (χ4n) is 4.29. The van der Waals surface area contributed by atoms with Crippen molar-refractivity contribution in [3.05, 3.63) is 35.9 Å². The zero-order chi connectivity index (χ0) is 14.1. The van der Waals surface area contributed by atoms with Crippen molar-refractivity contribution in [2.45, 2.75) is 51.1 Å². The molecule has 1 aromatic rings. The standard InChI is InChI=1S/C18H25NO/c1-3-7-14-11-17-18(20)15(12-16(14)19(17)2)10-13-8-5-4-6-9-13/h4-6,8-9,14-17H,3,7,10-12H2,1-2H3/t14-,15+,16-,17-/m1/s1. The predicted molar refractivity (Wildman–Crippen MR) is 81.6 cm³/mol. The molecule has 3 rings (SSSR count). The summed E-state index contributed by atoms with van der Waals surface area (Å²) >= 11 is 0. The number of piperidine rings is 1. The van der Waals surface area contributed by atoms with E-state index in [-0.39, 0.29) is 12.0 Å². The summed E-state index contributed by atoms with van der Waals surface area (Å²) in [5.41, 5.74) is 1.31. The maximum Gasteiger partial charge on any atom is 0.153 e. The van der Waals surface area contributed by atoms with Crippen molar-refractivity contribution >= 4 is 5.78 Å². The van der Waals surface area contributed by atoms with Crippen LogP contribution < -0.4 is 0 Å². The first-order valence-corrected chi connectivity index (χ1v) is 8.00. The van der Waals surface area contributed by atoms with Gasteiger partial charge in [0.1, 0.15) is 0 Å². The van der Waals surface area contributed by atoms with Crippen LogP contribution in [0.1, 0.15) is 38.2 Å². The third-order valence-corrected chi connectivity index (χ3v) is 5.33. The Kier molecular flexibility index (Phi) is 3.93. The molecule has 2 heteroatoms. The van der Waals surface area contributed by atoms with Crippen LogP contribution in [0.15, 0.2) is 30.3 Å². The molecule has 0 N–H and O–H groups in total. The molecule has 0 spiro atoms. The molecule has 2 heterocycles. The van der Waals surface area contributed by atoms with E-state index in [1.807, 2.05) is 6.07 Å². The van der Waals surface area contributed by atoms with E-state index in [2.05, 4.69) is 43.1 Å². The number of hydrogen-bond acceptors (Lipinski definition) is 2. The van der Waals surface area contributed by atoms with E-state index >= 15 is 0 Å². The second-order valence-corrected chi connectivity index (χ2v) is 6.56. The molecule has 108 valence electrons. The molecule has 2 fully saturated rings. The molecule has 0 amide bonds. The zero-order valence-electron chi connectivity index (χ0n) is 12.6. The number of carbonyl (C=O) groups is 1. The van der Waals surface area contributed by atoms with Gasteiger partial charge < -0.3 is 0 Å². The number of Topliss-reactive ketones (excluding diaryl/α,β-unsaturated/α-hetero) is 1. The summed E-state index contributed by atoms with van der Waals surface area (Å²) in [6.45, 7) is 2.26. The molecule has 2 bridgehead atoms. The van der Waals surface area contributed by atoms with Gasteiger partial charge in [-0.2, -0.15) is 0 Å². The first-order valence-electron chi connectivity index (χ1n) is 8.00. The number of benzene rings is 1. The van der Waals surface area contributed by atoms with Gasteiger partial charge >= 0.3 is 0 Å². The van der Waals surface area contributed by atoms with Crippen molar-refractivity contribution in [3.8, 4) is 0 Å². The van der Waals surface area contributed by atoms with Crippen molar-refractivity contribution in [2.24, 2.45) is 11.8 Å². The molecule has 0 aliphatic carbocycles. The largest absolute Gasteiger partial charge is 0.298 e. The Morgan fingerprint density at radius 2 is 1.95 bits per heavy atom. The van der Waals surface area contributed by atoms with Crippen LogP contribution in [0.5, 0.6) is 0 Å². The lowest BCUT2D eigenvalue weighted by molar-refractivity contribution is -0.130. The van der Waals surface area contributed by atoms with Crippen molar-refractivity contribution in [1.82, 2.24) is 4.90 Å². The summed E-state index contributed by atoms with van der Waals surface area (Å²) in [6, 6.07) is 11.3. The number of rotatable bonds is 4. The normalized spacial score (nSPS) is 33.6. The number of nitrogens with zero attached hydrogens (tertiary/aromatic N) is 1. The summed E-state index contributed by atoms with van der Waals surface area (Å²) in [7, 11) is 2.15. The van der Waals surface area contributed by atoms with Crippen LogP contribution in [-0.4, -0.2) is 29.8 Å². The third-order valence-electron chi connectivity index (χ3n) is 5.33. The van der Waals surface area contributed by atoms with Gasteiger partial charge in [-0.25, -0.2) is 0 Å². The zero-order valence-corrected chi connectivity index (χ0v) is 12.6. The minimum atomic E-state index is 0.194. The van der Waals surface area contributed by atoms with Crippen LogP contribution in [0.25, 0.3) is 0 Å². The average Bonchev–Trinajstić information content (AvgIpc) is 2.68. The number of hydrogen-bond donors (Lipinski definition) is 0. The van der Waals surface area contributed by atoms with Crippen molar-refractivity contribution in [3.63, 3.8) is 0 Å². The monoisotopic (exact) mass is 271 g/mol. The highest BCUT2D eigenvalue weighted by Gasteiger charge is 2.48. The summed E-state index contributed by atoms with van der Waals surface area (Å²) < 4.78 is 0. The van der Waals surface area contributed by atoms with Crippen LogP contribution >= 0.6 is 0 Å². The molecule has 4 atom stereocenters. The Morgan fingerprint density at radius 1 is 1.20 bits per heavy atom. The molecule has 0 radical (unpaired) electrons. The molecule has 2 nitrogen and oxygen atoms in total. The van der Waals surface area contributed by atoms with Gasteiger partial charge in [0.2, 0.25) is 0 Å². The summed E-state index contributed by atoms with van der Waals surface area (Å²) in [5, 5.41) is 0.